The van der Waals surface area contributed by atoms with Crippen molar-refractivity contribution in [3.63, 3.8) is 0 Å². The summed E-state index contributed by atoms with van der Waals surface area (Å²) in [6, 6.07) is 0. The average Bonchev–Trinajstić information content (AvgIpc) is 1.65. The van der Waals surface area contributed by atoms with Gasteiger partial charge in [0, 0.05) is 0 Å². The zero-order valence-electron chi connectivity index (χ0n) is 4.47. The van der Waals surface area contributed by atoms with Gasteiger partial charge in [-0.25, -0.2) is 4.79 Å². The molecule has 4 nitrogen and oxygen atoms in total. The molecule has 48 valence electrons. The highest BCUT2D eigenvalue weighted by Gasteiger charge is 1.98. The first kappa shape index (κ1) is 10.1. The Morgan fingerprint density at radius 3 is 2.12 bits per heavy atom. The quantitative estimate of drug-likeness (QED) is 0.390. The molecule has 0 fully saturated rings. The van der Waals surface area contributed by atoms with E-state index in [1.165, 1.54) is 7.11 Å². The molecule has 3 N–H and O–H groups in total. The van der Waals surface area contributed by atoms with Gasteiger partial charge in [0.05, 0.1) is 7.11 Å². The van der Waals surface area contributed by atoms with Crippen molar-refractivity contribution >= 4 is 5.97 Å². The SMILES string of the molecule is C=C(OC)C(=O)O.O. The summed E-state index contributed by atoms with van der Waals surface area (Å²) in [5.74, 6) is -1.36. The Bertz CT molecular complexity index is 96.2. The molecular formula is C4H8O4. The van der Waals surface area contributed by atoms with Gasteiger partial charge in [-0.3, -0.25) is 0 Å². The third-order valence-corrected chi connectivity index (χ3v) is 0.485. The number of methoxy groups -OCH3 is 1. The highest BCUT2D eigenvalue weighted by Crippen LogP contribution is 1.86. The van der Waals surface area contributed by atoms with Crippen LogP contribution in [0.2, 0.25) is 0 Å². The van der Waals surface area contributed by atoms with Crippen LogP contribution in [0.25, 0.3) is 0 Å². The Labute approximate surface area is 46.7 Å². The lowest BCUT2D eigenvalue weighted by atomic mass is 10.6. The van der Waals surface area contributed by atoms with Gasteiger partial charge in [-0.1, -0.05) is 0 Å². The van der Waals surface area contributed by atoms with Gasteiger partial charge in [0.2, 0.25) is 0 Å². The normalized spacial score (nSPS) is 6.62. The molecule has 0 aliphatic carbocycles. The molecule has 0 rings (SSSR count). The number of hydrogen-bond donors (Lipinski definition) is 1. The van der Waals surface area contributed by atoms with Crippen LogP contribution in [0, 0.1) is 0 Å². The molecule has 8 heavy (non-hydrogen) atoms. The second kappa shape index (κ2) is 4.14. The lowest BCUT2D eigenvalue weighted by Gasteiger charge is -1.92. The van der Waals surface area contributed by atoms with Crippen LogP contribution in [0.15, 0.2) is 12.3 Å². The van der Waals surface area contributed by atoms with Crippen LogP contribution in [-0.2, 0) is 9.53 Å². The summed E-state index contributed by atoms with van der Waals surface area (Å²) < 4.78 is 4.22. The lowest BCUT2D eigenvalue weighted by molar-refractivity contribution is -0.136. The molecule has 0 radical (unpaired) electrons. The second-order valence-corrected chi connectivity index (χ2v) is 0.932. The van der Waals surface area contributed by atoms with Crippen LogP contribution in [0.5, 0.6) is 0 Å². The first-order valence-electron chi connectivity index (χ1n) is 1.64. The number of carbonyl (C=O) groups is 1. The molecule has 0 saturated heterocycles. The number of rotatable bonds is 2. The van der Waals surface area contributed by atoms with E-state index >= 15 is 0 Å². The molecule has 0 aromatic heterocycles. The van der Waals surface area contributed by atoms with E-state index in [-0.39, 0.29) is 11.2 Å². The number of carboxylic acid groups (broad SMARTS) is 1. The number of carboxylic acids is 1. The molecule has 0 atom stereocenters. The maximum absolute atomic E-state index is 9.71. The van der Waals surface area contributed by atoms with Crippen molar-refractivity contribution in [1.29, 1.82) is 0 Å². The third kappa shape index (κ3) is 3.17. The highest BCUT2D eigenvalue weighted by atomic mass is 16.5. The maximum Gasteiger partial charge on any atom is 0.370 e. The Hall–Kier alpha value is -1.03. The minimum absolute atomic E-state index is 0. The summed E-state index contributed by atoms with van der Waals surface area (Å²) in [5.41, 5.74) is 0. The third-order valence-electron chi connectivity index (χ3n) is 0.485. The van der Waals surface area contributed by atoms with E-state index in [9.17, 15) is 4.79 Å². The van der Waals surface area contributed by atoms with Gasteiger partial charge in [0.1, 0.15) is 0 Å². The first-order chi connectivity index (χ1) is 3.18. The van der Waals surface area contributed by atoms with Crippen molar-refractivity contribution < 1.29 is 20.1 Å². The van der Waals surface area contributed by atoms with Crippen molar-refractivity contribution in [3.8, 4) is 0 Å². The molecule has 0 spiro atoms. The minimum atomic E-state index is -1.12. The van der Waals surface area contributed by atoms with Crippen LogP contribution in [0.1, 0.15) is 0 Å². The molecule has 0 amide bonds. The van der Waals surface area contributed by atoms with Crippen LogP contribution in [-0.4, -0.2) is 23.7 Å². The van der Waals surface area contributed by atoms with E-state index in [0.29, 0.717) is 0 Å². The predicted octanol–water partition coefficient (Wildman–Crippen LogP) is -0.594. The molecule has 0 saturated carbocycles. The molecule has 0 aromatic carbocycles. The maximum atomic E-state index is 9.71. The monoisotopic (exact) mass is 120 g/mol. The van der Waals surface area contributed by atoms with Crippen molar-refractivity contribution in [2.75, 3.05) is 7.11 Å². The van der Waals surface area contributed by atoms with Crippen LogP contribution in [0.4, 0.5) is 0 Å². The minimum Gasteiger partial charge on any atom is -0.490 e. The molecular weight excluding hydrogens is 112 g/mol. The molecule has 0 aliphatic heterocycles. The summed E-state index contributed by atoms with van der Waals surface area (Å²) >= 11 is 0. The highest BCUT2D eigenvalue weighted by molar-refractivity contribution is 5.83. The Morgan fingerprint density at radius 2 is 2.12 bits per heavy atom. The summed E-state index contributed by atoms with van der Waals surface area (Å²) in [4.78, 5) is 9.71. The van der Waals surface area contributed by atoms with Crippen molar-refractivity contribution in [2.45, 2.75) is 0 Å². The van der Waals surface area contributed by atoms with Gasteiger partial charge in [0.25, 0.3) is 0 Å². The standard InChI is InChI=1S/C4H6O3.H2O/c1-3(7-2)4(5)6;/h1H2,2H3,(H,5,6);1H2. The van der Waals surface area contributed by atoms with E-state index in [0.717, 1.165) is 0 Å². The first-order valence-corrected chi connectivity index (χ1v) is 1.64. The van der Waals surface area contributed by atoms with Gasteiger partial charge in [-0.15, -0.1) is 0 Å². The summed E-state index contributed by atoms with van der Waals surface area (Å²) in [7, 11) is 1.26. The van der Waals surface area contributed by atoms with Gasteiger partial charge < -0.3 is 15.3 Å². The van der Waals surface area contributed by atoms with Crippen molar-refractivity contribution in [3.05, 3.63) is 12.3 Å². The second-order valence-electron chi connectivity index (χ2n) is 0.932. The van der Waals surface area contributed by atoms with Gasteiger partial charge in [0.15, 0.2) is 5.76 Å². The molecule has 0 aliphatic rings. The van der Waals surface area contributed by atoms with Crippen LogP contribution < -0.4 is 0 Å². The Kier molecular flexibility index (Phi) is 5.20. The van der Waals surface area contributed by atoms with Crippen molar-refractivity contribution in [1.82, 2.24) is 0 Å². The van der Waals surface area contributed by atoms with Crippen LogP contribution in [0.3, 0.4) is 0 Å². The number of hydrogen-bond acceptors (Lipinski definition) is 2. The van der Waals surface area contributed by atoms with E-state index in [1.54, 1.807) is 0 Å². The number of aliphatic carboxylic acids is 1. The largest absolute Gasteiger partial charge is 0.490 e. The predicted molar refractivity (Wildman–Crippen MR) is 27.4 cm³/mol. The zero-order valence-corrected chi connectivity index (χ0v) is 4.47. The fraction of sp³-hybridized carbons (Fsp3) is 0.250. The smallest absolute Gasteiger partial charge is 0.370 e. The van der Waals surface area contributed by atoms with Gasteiger partial charge in [-0.05, 0) is 6.58 Å². The Morgan fingerprint density at radius 1 is 1.75 bits per heavy atom. The number of ether oxygens (including phenoxy) is 1. The van der Waals surface area contributed by atoms with Crippen molar-refractivity contribution in [2.24, 2.45) is 0 Å². The van der Waals surface area contributed by atoms with Gasteiger partial charge >= 0.3 is 5.97 Å². The molecule has 0 unspecified atom stereocenters. The van der Waals surface area contributed by atoms with E-state index in [2.05, 4.69) is 11.3 Å². The summed E-state index contributed by atoms with van der Waals surface area (Å²) in [6.45, 7) is 3.05. The van der Waals surface area contributed by atoms with Gasteiger partial charge in [-0.2, -0.15) is 0 Å². The van der Waals surface area contributed by atoms with E-state index < -0.39 is 5.97 Å². The fourth-order valence-electron chi connectivity index (χ4n) is 0.0873. The van der Waals surface area contributed by atoms with E-state index in [4.69, 9.17) is 5.11 Å². The molecule has 0 bridgehead atoms. The fourth-order valence-corrected chi connectivity index (χ4v) is 0.0873. The average molecular weight is 120 g/mol. The molecule has 0 heterocycles. The molecule has 0 aromatic rings. The van der Waals surface area contributed by atoms with Crippen LogP contribution >= 0.6 is 0 Å². The molecule has 4 heteroatoms. The summed E-state index contributed by atoms with van der Waals surface area (Å²) in [5, 5.41) is 7.96. The Balaban J connectivity index is 0. The zero-order chi connectivity index (χ0) is 5.86. The topological polar surface area (TPSA) is 78.0 Å². The lowest BCUT2D eigenvalue weighted by Crippen LogP contribution is -1.99. The van der Waals surface area contributed by atoms with E-state index in [1.807, 2.05) is 0 Å². The summed E-state index contributed by atoms with van der Waals surface area (Å²) in [6.07, 6.45) is 0.